The number of nitrogens with one attached hydrogen (secondary N) is 1. The molecule has 1 aliphatic rings. The Balaban J connectivity index is 2.06. The highest BCUT2D eigenvalue weighted by atomic mass is 32.2. The zero-order valence-corrected chi connectivity index (χ0v) is 17.5. The maximum absolute atomic E-state index is 13.0. The quantitative estimate of drug-likeness (QED) is 0.765. The van der Waals surface area contributed by atoms with Crippen LogP contribution in [0.25, 0.3) is 0 Å². The molecule has 0 bridgehead atoms. The first-order valence-electron chi connectivity index (χ1n) is 8.94. The highest BCUT2D eigenvalue weighted by Crippen LogP contribution is 2.46. The number of alkyl halides is 3. The van der Waals surface area contributed by atoms with E-state index in [1.54, 1.807) is 20.8 Å². The molecule has 6 nitrogen and oxygen atoms in total. The molecule has 0 aliphatic carbocycles. The van der Waals surface area contributed by atoms with E-state index in [1.807, 2.05) is 0 Å². The lowest BCUT2D eigenvalue weighted by molar-refractivity contribution is -0.137. The van der Waals surface area contributed by atoms with Gasteiger partial charge in [-0.2, -0.15) is 13.2 Å². The van der Waals surface area contributed by atoms with Gasteiger partial charge in [-0.1, -0.05) is 18.2 Å². The molecule has 0 spiro atoms. The van der Waals surface area contributed by atoms with Crippen LogP contribution in [0.5, 0.6) is 0 Å². The van der Waals surface area contributed by atoms with Gasteiger partial charge in [0, 0.05) is 18.2 Å². The molecule has 1 aliphatic heterocycles. The van der Waals surface area contributed by atoms with Crippen LogP contribution in [0.2, 0.25) is 0 Å². The van der Waals surface area contributed by atoms with Crippen LogP contribution in [0.15, 0.2) is 47.4 Å². The van der Waals surface area contributed by atoms with E-state index < -0.39 is 38.8 Å². The summed E-state index contributed by atoms with van der Waals surface area (Å²) < 4.78 is 66.5. The third-order valence-corrected chi connectivity index (χ3v) is 6.49. The molecule has 1 amide bonds. The number of carbonyl (C=O) groups is 1. The first-order chi connectivity index (χ1) is 13.6. The summed E-state index contributed by atoms with van der Waals surface area (Å²) in [5.41, 5.74) is -3.91. The Morgan fingerprint density at radius 1 is 1.03 bits per heavy atom. The Kier molecular flexibility index (Phi) is 5.04. The summed E-state index contributed by atoms with van der Waals surface area (Å²) in [5.74, 6) is -0.833. The summed E-state index contributed by atoms with van der Waals surface area (Å²) >= 11 is 0. The predicted octanol–water partition coefficient (Wildman–Crippen LogP) is 2.99. The topological polar surface area (TPSA) is 86.7 Å². The van der Waals surface area contributed by atoms with E-state index in [1.165, 1.54) is 31.3 Å². The molecule has 0 radical (unpaired) electrons. The fraction of sp³-hybridized carbons (Fsp3) is 0.350. The number of hydrogen-bond acceptors (Lipinski definition) is 4. The number of sulfonamides is 1. The van der Waals surface area contributed by atoms with Crippen LogP contribution >= 0.6 is 0 Å². The minimum atomic E-state index is -4.60. The summed E-state index contributed by atoms with van der Waals surface area (Å²) in [6.45, 7) is 5.04. The van der Waals surface area contributed by atoms with Gasteiger partial charge in [0.1, 0.15) is 0 Å². The fourth-order valence-corrected chi connectivity index (χ4v) is 4.79. The van der Waals surface area contributed by atoms with Crippen LogP contribution in [-0.2, 0) is 26.6 Å². The average Bonchev–Trinajstić information content (AvgIpc) is 2.81. The lowest BCUT2D eigenvalue weighted by Crippen LogP contribution is -2.41. The van der Waals surface area contributed by atoms with E-state index >= 15 is 0 Å². The standard InChI is InChI=1S/C20H21F3N2O4S/c1-18(2,3)24-30(28,29)14-8-5-12(6-9-14)19(27)15-10-7-13(20(21,22)23)11-16(15)25(4)17(19)26/h5-11,24,27H,1-4H3. The zero-order chi connectivity index (χ0) is 22.7. The molecule has 1 atom stereocenters. The molecule has 0 saturated carbocycles. The first kappa shape index (κ1) is 22.3. The van der Waals surface area contributed by atoms with Gasteiger partial charge in [0.15, 0.2) is 5.60 Å². The predicted molar refractivity (Wildman–Crippen MR) is 104 cm³/mol. The summed E-state index contributed by atoms with van der Waals surface area (Å²) in [7, 11) is -2.57. The summed E-state index contributed by atoms with van der Waals surface area (Å²) in [6, 6.07) is 7.67. The normalized spacial score (nSPS) is 19.9. The van der Waals surface area contributed by atoms with Gasteiger partial charge in [-0.3, -0.25) is 4.79 Å². The SMILES string of the molecule is CN1C(=O)C(O)(c2ccc(S(=O)(=O)NC(C)(C)C)cc2)c2ccc(C(F)(F)F)cc21. The average molecular weight is 442 g/mol. The number of amides is 1. The van der Waals surface area contributed by atoms with E-state index in [9.17, 15) is 31.5 Å². The highest BCUT2D eigenvalue weighted by Gasteiger charge is 2.50. The maximum Gasteiger partial charge on any atom is 0.416 e. The first-order valence-corrected chi connectivity index (χ1v) is 10.4. The number of aliphatic hydroxyl groups is 1. The Bertz CT molecular complexity index is 1110. The third kappa shape index (κ3) is 3.70. The molecule has 0 aromatic heterocycles. The van der Waals surface area contributed by atoms with Gasteiger partial charge in [-0.15, -0.1) is 0 Å². The van der Waals surface area contributed by atoms with Crippen molar-refractivity contribution in [1.29, 1.82) is 0 Å². The van der Waals surface area contributed by atoms with Crippen molar-refractivity contribution in [2.24, 2.45) is 0 Å². The molecule has 162 valence electrons. The highest BCUT2D eigenvalue weighted by molar-refractivity contribution is 7.89. The molecule has 2 aromatic rings. The smallest absolute Gasteiger partial charge is 0.372 e. The van der Waals surface area contributed by atoms with E-state index in [0.29, 0.717) is 0 Å². The molecule has 2 aromatic carbocycles. The molecule has 0 fully saturated rings. The van der Waals surface area contributed by atoms with Gasteiger partial charge >= 0.3 is 6.18 Å². The number of likely N-dealkylation sites (N-methyl/N-ethyl adjacent to an activating group) is 1. The van der Waals surface area contributed by atoms with Crippen LogP contribution < -0.4 is 9.62 Å². The number of fused-ring (bicyclic) bond motifs is 1. The second kappa shape index (κ2) is 6.79. The third-order valence-electron chi connectivity index (χ3n) is 4.71. The monoisotopic (exact) mass is 442 g/mol. The van der Waals surface area contributed by atoms with Crippen LogP contribution in [0, 0.1) is 0 Å². The molecule has 1 unspecified atom stereocenters. The van der Waals surface area contributed by atoms with E-state index in [2.05, 4.69) is 4.72 Å². The summed E-state index contributed by atoms with van der Waals surface area (Å²) in [5, 5.41) is 11.2. The Morgan fingerprint density at radius 3 is 2.10 bits per heavy atom. The van der Waals surface area contributed by atoms with Crippen LogP contribution in [-0.4, -0.2) is 32.0 Å². The van der Waals surface area contributed by atoms with Gasteiger partial charge in [-0.25, -0.2) is 13.1 Å². The minimum Gasteiger partial charge on any atom is -0.372 e. The fourth-order valence-electron chi connectivity index (χ4n) is 3.38. The Hall–Kier alpha value is -2.43. The van der Waals surface area contributed by atoms with Gasteiger partial charge in [0.2, 0.25) is 10.0 Å². The molecule has 2 N–H and O–H groups in total. The molecule has 30 heavy (non-hydrogen) atoms. The van der Waals surface area contributed by atoms with Crippen molar-refractivity contribution in [2.45, 2.75) is 43.0 Å². The van der Waals surface area contributed by atoms with Crippen LogP contribution in [0.4, 0.5) is 18.9 Å². The van der Waals surface area contributed by atoms with Gasteiger partial charge in [-0.05, 0) is 50.6 Å². The lowest BCUT2D eigenvalue weighted by Gasteiger charge is -2.23. The van der Waals surface area contributed by atoms with E-state index in [-0.39, 0.29) is 21.7 Å². The number of rotatable bonds is 3. The minimum absolute atomic E-state index is 0.00794. The molecule has 1 heterocycles. The Labute approximate surface area is 172 Å². The number of nitrogens with zero attached hydrogens (tertiary/aromatic N) is 1. The van der Waals surface area contributed by atoms with Crippen molar-refractivity contribution in [1.82, 2.24) is 4.72 Å². The van der Waals surface area contributed by atoms with Crippen molar-refractivity contribution in [3.8, 4) is 0 Å². The second-order valence-electron chi connectivity index (χ2n) is 8.18. The van der Waals surface area contributed by atoms with Crippen molar-refractivity contribution in [3.63, 3.8) is 0 Å². The number of benzene rings is 2. The molecular weight excluding hydrogens is 421 g/mol. The van der Waals surface area contributed by atoms with E-state index in [4.69, 9.17) is 0 Å². The maximum atomic E-state index is 13.0. The van der Waals surface area contributed by atoms with Gasteiger partial charge < -0.3 is 10.0 Å². The van der Waals surface area contributed by atoms with Gasteiger partial charge in [0.05, 0.1) is 16.1 Å². The molecular formula is C20H21F3N2O4S. The van der Waals surface area contributed by atoms with Crippen molar-refractivity contribution in [2.75, 3.05) is 11.9 Å². The zero-order valence-electron chi connectivity index (χ0n) is 16.7. The van der Waals surface area contributed by atoms with Crippen molar-refractivity contribution < 1.29 is 31.5 Å². The number of hydrogen-bond donors (Lipinski definition) is 2. The number of anilines is 1. The molecule has 3 rings (SSSR count). The lowest BCUT2D eigenvalue weighted by atomic mass is 9.87. The largest absolute Gasteiger partial charge is 0.416 e. The molecule has 0 saturated heterocycles. The number of halogens is 3. The number of carbonyl (C=O) groups excluding carboxylic acids is 1. The van der Waals surface area contributed by atoms with Crippen LogP contribution in [0.1, 0.15) is 37.5 Å². The second-order valence-corrected chi connectivity index (χ2v) is 9.87. The summed E-state index contributed by atoms with van der Waals surface area (Å²) in [4.78, 5) is 13.7. The summed E-state index contributed by atoms with van der Waals surface area (Å²) in [6.07, 6.45) is -4.60. The molecule has 10 heteroatoms. The van der Waals surface area contributed by atoms with Crippen molar-refractivity contribution in [3.05, 3.63) is 59.2 Å². The van der Waals surface area contributed by atoms with E-state index in [0.717, 1.165) is 23.1 Å². The van der Waals surface area contributed by atoms with Gasteiger partial charge in [0.25, 0.3) is 5.91 Å². The van der Waals surface area contributed by atoms with Crippen molar-refractivity contribution >= 4 is 21.6 Å². The Morgan fingerprint density at radius 2 is 1.60 bits per heavy atom. The van der Waals surface area contributed by atoms with Crippen LogP contribution in [0.3, 0.4) is 0 Å².